The van der Waals surface area contributed by atoms with Gasteiger partial charge in [0.1, 0.15) is 0 Å². The van der Waals surface area contributed by atoms with Gasteiger partial charge in [-0.25, -0.2) is 0 Å². The lowest BCUT2D eigenvalue weighted by Gasteiger charge is -2.45. The molecule has 0 saturated carbocycles. The molecule has 4 rings (SSSR count). The molecule has 0 unspecified atom stereocenters. The summed E-state index contributed by atoms with van der Waals surface area (Å²) in [4.78, 5) is 29.0. The van der Waals surface area contributed by atoms with Crippen LogP contribution in [0.15, 0.2) is 47.1 Å². The van der Waals surface area contributed by atoms with E-state index in [0.29, 0.717) is 31.8 Å². The Kier molecular flexibility index (Phi) is 4.31. The molecular weight excluding hydrogens is 328 g/mol. The summed E-state index contributed by atoms with van der Waals surface area (Å²) in [6.07, 6.45) is 4.68. The van der Waals surface area contributed by atoms with Crippen molar-refractivity contribution in [3.05, 3.63) is 59.5 Å². The zero-order valence-electron chi connectivity index (χ0n) is 15.1. The Morgan fingerprint density at radius 3 is 2.65 bits per heavy atom. The minimum absolute atomic E-state index is 0.0561. The first-order chi connectivity index (χ1) is 12.6. The van der Waals surface area contributed by atoms with Crippen molar-refractivity contribution in [3.63, 3.8) is 0 Å². The number of piperidine rings is 1. The molecule has 0 aliphatic carbocycles. The van der Waals surface area contributed by atoms with E-state index < -0.39 is 0 Å². The fraction of sp³-hybridized carbons (Fsp3) is 0.429. The van der Waals surface area contributed by atoms with Crippen LogP contribution in [0.3, 0.4) is 0 Å². The van der Waals surface area contributed by atoms with Crippen LogP contribution in [0.1, 0.15) is 47.4 Å². The van der Waals surface area contributed by atoms with Crippen molar-refractivity contribution in [2.75, 3.05) is 13.1 Å². The zero-order valence-corrected chi connectivity index (χ0v) is 15.1. The van der Waals surface area contributed by atoms with E-state index in [-0.39, 0.29) is 17.4 Å². The summed E-state index contributed by atoms with van der Waals surface area (Å²) in [6, 6.07) is 11.8. The van der Waals surface area contributed by atoms with E-state index >= 15 is 0 Å². The standard InChI is InChI=1S/C21H24N2O3/c1-16-4-2-5-17(14-16)15-23-19(24)7-8-21(23)9-11-22(12-10-21)20(25)18-6-3-13-26-18/h2-6,13-14H,7-12,15H2,1H3. The first-order valence-corrected chi connectivity index (χ1v) is 9.26. The molecular formula is C21H24N2O3. The fourth-order valence-corrected chi connectivity index (χ4v) is 4.33. The lowest BCUT2D eigenvalue weighted by atomic mass is 9.84. The molecule has 0 bridgehead atoms. The average Bonchev–Trinajstić information content (AvgIpc) is 3.27. The molecule has 26 heavy (non-hydrogen) atoms. The van der Waals surface area contributed by atoms with E-state index in [1.807, 2.05) is 11.0 Å². The van der Waals surface area contributed by atoms with E-state index in [1.165, 1.54) is 17.4 Å². The smallest absolute Gasteiger partial charge is 0.289 e. The lowest BCUT2D eigenvalue weighted by molar-refractivity contribution is -0.133. The van der Waals surface area contributed by atoms with Gasteiger partial charge >= 0.3 is 0 Å². The summed E-state index contributed by atoms with van der Waals surface area (Å²) < 4.78 is 5.24. The predicted octanol–water partition coefficient (Wildman–Crippen LogP) is 3.39. The Balaban J connectivity index is 1.47. The number of hydrogen-bond donors (Lipinski definition) is 0. The Morgan fingerprint density at radius 2 is 1.96 bits per heavy atom. The van der Waals surface area contributed by atoms with Crippen molar-refractivity contribution in [3.8, 4) is 0 Å². The van der Waals surface area contributed by atoms with Crippen molar-refractivity contribution >= 4 is 11.8 Å². The topological polar surface area (TPSA) is 53.8 Å². The number of carbonyl (C=O) groups is 2. The Labute approximate surface area is 153 Å². The minimum Gasteiger partial charge on any atom is -0.459 e. The fourth-order valence-electron chi connectivity index (χ4n) is 4.33. The molecule has 0 N–H and O–H groups in total. The summed E-state index contributed by atoms with van der Waals surface area (Å²) in [5.74, 6) is 0.566. The van der Waals surface area contributed by atoms with Crippen LogP contribution in [0.2, 0.25) is 0 Å². The molecule has 2 aromatic rings. The van der Waals surface area contributed by atoms with Gasteiger partial charge in [-0.1, -0.05) is 29.8 Å². The van der Waals surface area contributed by atoms with Gasteiger partial charge in [0.25, 0.3) is 5.91 Å². The third-order valence-electron chi connectivity index (χ3n) is 5.81. The molecule has 136 valence electrons. The number of nitrogens with zero attached hydrogens (tertiary/aromatic N) is 2. The zero-order chi connectivity index (χ0) is 18.1. The van der Waals surface area contributed by atoms with Crippen LogP contribution < -0.4 is 0 Å². The maximum Gasteiger partial charge on any atom is 0.289 e. The van der Waals surface area contributed by atoms with Crippen molar-refractivity contribution in [2.24, 2.45) is 0 Å². The molecule has 1 aromatic heterocycles. The van der Waals surface area contributed by atoms with Crippen molar-refractivity contribution in [1.82, 2.24) is 9.80 Å². The van der Waals surface area contributed by atoms with Gasteiger partial charge in [0.15, 0.2) is 5.76 Å². The highest BCUT2D eigenvalue weighted by atomic mass is 16.3. The first-order valence-electron chi connectivity index (χ1n) is 9.26. The third kappa shape index (κ3) is 3.02. The predicted molar refractivity (Wildman–Crippen MR) is 97.5 cm³/mol. The normalized spacial score (nSPS) is 19.3. The van der Waals surface area contributed by atoms with Crippen LogP contribution in [0.5, 0.6) is 0 Å². The molecule has 5 heteroatoms. The Hall–Kier alpha value is -2.56. The summed E-state index contributed by atoms with van der Waals surface area (Å²) in [5.41, 5.74) is 2.27. The van der Waals surface area contributed by atoms with E-state index in [9.17, 15) is 9.59 Å². The summed E-state index contributed by atoms with van der Waals surface area (Å²) >= 11 is 0. The third-order valence-corrected chi connectivity index (χ3v) is 5.81. The van der Waals surface area contributed by atoms with E-state index in [2.05, 4.69) is 30.0 Å². The Bertz CT molecular complexity index is 804. The molecule has 2 fully saturated rings. The second kappa shape index (κ2) is 6.63. The van der Waals surface area contributed by atoms with Crippen LogP contribution in [-0.2, 0) is 11.3 Å². The van der Waals surface area contributed by atoms with Gasteiger partial charge in [-0.15, -0.1) is 0 Å². The molecule has 0 radical (unpaired) electrons. The maximum atomic E-state index is 12.6. The number of furan rings is 1. The number of benzene rings is 1. The number of likely N-dealkylation sites (tertiary alicyclic amines) is 2. The number of aryl methyl sites for hydroxylation is 1. The molecule has 1 aromatic carbocycles. The van der Waals surface area contributed by atoms with Gasteiger partial charge in [0.05, 0.1) is 6.26 Å². The highest BCUT2D eigenvalue weighted by Crippen LogP contribution is 2.40. The van der Waals surface area contributed by atoms with Gasteiger partial charge in [0.2, 0.25) is 5.91 Å². The van der Waals surface area contributed by atoms with Crippen molar-refractivity contribution in [1.29, 1.82) is 0 Å². The van der Waals surface area contributed by atoms with Crippen LogP contribution in [0.25, 0.3) is 0 Å². The molecule has 2 aliphatic rings. The van der Waals surface area contributed by atoms with Crippen LogP contribution >= 0.6 is 0 Å². The van der Waals surface area contributed by atoms with Crippen LogP contribution in [0, 0.1) is 6.92 Å². The first kappa shape index (κ1) is 16.9. The molecule has 2 amide bonds. The van der Waals surface area contributed by atoms with Crippen molar-refractivity contribution < 1.29 is 14.0 Å². The number of hydrogen-bond acceptors (Lipinski definition) is 3. The van der Waals surface area contributed by atoms with Gasteiger partial charge in [-0.3, -0.25) is 9.59 Å². The number of carbonyl (C=O) groups excluding carboxylic acids is 2. The molecule has 2 aliphatic heterocycles. The Morgan fingerprint density at radius 1 is 1.15 bits per heavy atom. The highest BCUT2D eigenvalue weighted by Gasteiger charge is 2.47. The minimum atomic E-state index is -0.110. The van der Waals surface area contributed by atoms with Gasteiger partial charge in [0, 0.05) is 31.6 Å². The molecule has 3 heterocycles. The summed E-state index contributed by atoms with van der Waals surface area (Å²) in [6.45, 7) is 4.06. The second-order valence-electron chi connectivity index (χ2n) is 7.46. The highest BCUT2D eigenvalue weighted by molar-refractivity contribution is 5.91. The largest absolute Gasteiger partial charge is 0.459 e. The lowest BCUT2D eigenvalue weighted by Crippen LogP contribution is -2.53. The van der Waals surface area contributed by atoms with E-state index in [1.54, 1.807) is 12.1 Å². The average molecular weight is 352 g/mol. The van der Waals surface area contributed by atoms with Gasteiger partial charge in [-0.05, 0) is 43.9 Å². The number of rotatable bonds is 3. The monoisotopic (exact) mass is 352 g/mol. The quantitative estimate of drug-likeness (QED) is 0.851. The maximum absolute atomic E-state index is 12.6. The van der Waals surface area contributed by atoms with Gasteiger partial charge < -0.3 is 14.2 Å². The van der Waals surface area contributed by atoms with Crippen LogP contribution in [-0.4, -0.2) is 40.2 Å². The number of amides is 2. The van der Waals surface area contributed by atoms with Crippen LogP contribution in [0.4, 0.5) is 0 Å². The molecule has 1 spiro atoms. The summed E-state index contributed by atoms with van der Waals surface area (Å²) in [5, 5.41) is 0. The molecule has 2 saturated heterocycles. The SMILES string of the molecule is Cc1cccc(CN2C(=O)CCC23CCN(C(=O)c2ccco2)CC3)c1. The molecule has 0 atom stereocenters. The second-order valence-corrected chi connectivity index (χ2v) is 7.46. The van der Waals surface area contributed by atoms with Crippen molar-refractivity contribution in [2.45, 2.75) is 44.7 Å². The summed E-state index contributed by atoms with van der Waals surface area (Å²) in [7, 11) is 0. The molecule has 5 nitrogen and oxygen atoms in total. The van der Waals surface area contributed by atoms with E-state index in [0.717, 1.165) is 19.3 Å². The van der Waals surface area contributed by atoms with E-state index in [4.69, 9.17) is 4.42 Å². The van der Waals surface area contributed by atoms with Gasteiger partial charge in [-0.2, -0.15) is 0 Å².